The van der Waals surface area contributed by atoms with Gasteiger partial charge in [-0.05, 0) is 13.3 Å². The Morgan fingerprint density at radius 1 is 1.50 bits per heavy atom. The van der Waals surface area contributed by atoms with Gasteiger partial charge in [0.05, 0.1) is 19.3 Å². The summed E-state index contributed by atoms with van der Waals surface area (Å²) in [5.74, 6) is -1.44. The quantitative estimate of drug-likeness (QED) is 0.435. The molecule has 0 N–H and O–H groups in total. The van der Waals surface area contributed by atoms with Crippen molar-refractivity contribution in [2.24, 2.45) is 0 Å². The van der Waals surface area contributed by atoms with E-state index in [0.717, 1.165) is 6.42 Å². The third kappa shape index (κ3) is 2.04. The largest absolute Gasteiger partial charge is 0.462 e. The number of ether oxygens (including phenoxy) is 2. The minimum absolute atomic E-state index is 0.0198. The molecule has 1 heterocycles. The summed E-state index contributed by atoms with van der Waals surface area (Å²) < 4.78 is 9.66. The summed E-state index contributed by atoms with van der Waals surface area (Å²) in [5.41, 5.74) is 0. The van der Waals surface area contributed by atoms with Gasteiger partial charge in [0.1, 0.15) is 0 Å². The third-order valence-electron chi connectivity index (χ3n) is 2.51. The maximum Gasteiger partial charge on any atom is 0.396 e. The van der Waals surface area contributed by atoms with Gasteiger partial charge < -0.3 is 14.4 Å². The van der Waals surface area contributed by atoms with Gasteiger partial charge in [-0.3, -0.25) is 4.79 Å². The molecule has 0 radical (unpaired) electrons. The van der Waals surface area contributed by atoms with Gasteiger partial charge in [-0.1, -0.05) is 0 Å². The molecule has 0 spiro atoms. The number of esters is 1. The zero-order valence-corrected chi connectivity index (χ0v) is 8.65. The molecule has 1 fully saturated rings. The van der Waals surface area contributed by atoms with Crippen molar-refractivity contribution in [3.05, 3.63) is 0 Å². The number of amides is 1. The Morgan fingerprint density at radius 2 is 2.14 bits per heavy atom. The van der Waals surface area contributed by atoms with E-state index < -0.39 is 11.9 Å². The number of carbonyl (C=O) groups excluding carboxylic acids is 2. The van der Waals surface area contributed by atoms with Gasteiger partial charge in [-0.25, -0.2) is 4.79 Å². The molecular formula is C9H15NO4. The van der Waals surface area contributed by atoms with E-state index in [1.165, 1.54) is 12.0 Å². The fourth-order valence-electron chi connectivity index (χ4n) is 1.61. The lowest BCUT2D eigenvalue weighted by Gasteiger charge is -2.25. The van der Waals surface area contributed by atoms with Crippen LogP contribution in [0.1, 0.15) is 13.3 Å². The van der Waals surface area contributed by atoms with E-state index in [1.54, 1.807) is 7.05 Å². The zero-order valence-electron chi connectivity index (χ0n) is 8.65. The maximum absolute atomic E-state index is 11.4. The molecule has 0 aromatic heterocycles. The Labute approximate surface area is 83.0 Å². The van der Waals surface area contributed by atoms with Crippen molar-refractivity contribution < 1.29 is 19.1 Å². The highest BCUT2D eigenvalue weighted by molar-refractivity contribution is 6.32. The molecule has 0 aromatic carbocycles. The molecule has 80 valence electrons. The monoisotopic (exact) mass is 201 g/mol. The number of hydrogen-bond donors (Lipinski definition) is 0. The van der Waals surface area contributed by atoms with Crippen molar-refractivity contribution in [3.63, 3.8) is 0 Å². The van der Waals surface area contributed by atoms with Crippen molar-refractivity contribution in [2.45, 2.75) is 25.5 Å². The molecule has 1 aliphatic rings. The SMILES string of the molecule is COC(=O)C(=O)N(C)C1CCOC1C. The lowest BCUT2D eigenvalue weighted by atomic mass is 10.1. The van der Waals surface area contributed by atoms with E-state index >= 15 is 0 Å². The molecule has 5 heteroatoms. The smallest absolute Gasteiger partial charge is 0.396 e. The molecule has 0 aromatic rings. The van der Waals surface area contributed by atoms with Crippen LogP contribution in [-0.2, 0) is 19.1 Å². The number of rotatable bonds is 1. The van der Waals surface area contributed by atoms with Crippen LogP contribution >= 0.6 is 0 Å². The van der Waals surface area contributed by atoms with E-state index in [1.807, 2.05) is 6.92 Å². The first-order chi connectivity index (χ1) is 6.57. The Bertz CT molecular complexity index is 241. The molecule has 0 bridgehead atoms. The minimum atomic E-state index is -0.827. The number of hydrogen-bond acceptors (Lipinski definition) is 4. The summed E-state index contributed by atoms with van der Waals surface area (Å²) in [5, 5.41) is 0. The van der Waals surface area contributed by atoms with Crippen LogP contribution in [0.5, 0.6) is 0 Å². The lowest BCUT2D eigenvalue weighted by Crippen LogP contribution is -2.44. The van der Waals surface area contributed by atoms with Crippen LogP contribution < -0.4 is 0 Å². The molecule has 14 heavy (non-hydrogen) atoms. The lowest BCUT2D eigenvalue weighted by molar-refractivity contribution is -0.159. The zero-order chi connectivity index (χ0) is 10.7. The van der Waals surface area contributed by atoms with Crippen molar-refractivity contribution >= 4 is 11.9 Å². The highest BCUT2D eigenvalue weighted by Crippen LogP contribution is 2.18. The molecule has 2 atom stereocenters. The molecule has 0 aliphatic carbocycles. The van der Waals surface area contributed by atoms with Crippen LogP contribution in [0.3, 0.4) is 0 Å². The average molecular weight is 201 g/mol. The summed E-state index contributed by atoms with van der Waals surface area (Å²) >= 11 is 0. The van der Waals surface area contributed by atoms with Crippen molar-refractivity contribution in [1.29, 1.82) is 0 Å². The van der Waals surface area contributed by atoms with Crippen LogP contribution in [0.4, 0.5) is 0 Å². The Kier molecular flexibility index (Phi) is 3.46. The highest BCUT2D eigenvalue weighted by Gasteiger charge is 2.33. The van der Waals surface area contributed by atoms with Crippen LogP contribution in [0.15, 0.2) is 0 Å². The second kappa shape index (κ2) is 4.41. The molecule has 2 unspecified atom stereocenters. The van der Waals surface area contributed by atoms with E-state index in [-0.39, 0.29) is 12.1 Å². The van der Waals surface area contributed by atoms with Crippen LogP contribution in [-0.4, -0.2) is 49.7 Å². The maximum atomic E-state index is 11.4. The predicted octanol–water partition coefficient (Wildman–Crippen LogP) is -0.205. The predicted molar refractivity (Wildman–Crippen MR) is 48.6 cm³/mol. The first kappa shape index (κ1) is 11.0. The third-order valence-corrected chi connectivity index (χ3v) is 2.51. The summed E-state index contributed by atoms with van der Waals surface area (Å²) in [6, 6.07) is -0.0263. The standard InChI is InChI=1S/C9H15NO4/c1-6-7(4-5-14-6)10(2)8(11)9(12)13-3/h6-7H,4-5H2,1-3H3. The van der Waals surface area contributed by atoms with Gasteiger partial charge in [0.2, 0.25) is 0 Å². The fraction of sp³-hybridized carbons (Fsp3) is 0.778. The van der Waals surface area contributed by atoms with Crippen molar-refractivity contribution in [3.8, 4) is 0 Å². The summed E-state index contributed by atoms with van der Waals surface area (Å²) in [6.07, 6.45) is 0.744. The molecule has 1 aliphatic heterocycles. The van der Waals surface area contributed by atoms with Gasteiger partial charge in [0.25, 0.3) is 0 Å². The molecule has 0 saturated carbocycles. The van der Waals surface area contributed by atoms with Gasteiger partial charge >= 0.3 is 11.9 Å². The van der Waals surface area contributed by atoms with Gasteiger partial charge in [0, 0.05) is 13.7 Å². The molecular weight excluding hydrogens is 186 g/mol. The van der Waals surface area contributed by atoms with Crippen LogP contribution in [0.25, 0.3) is 0 Å². The van der Waals surface area contributed by atoms with Gasteiger partial charge in [0.15, 0.2) is 0 Å². The van der Waals surface area contributed by atoms with Gasteiger partial charge in [-0.2, -0.15) is 0 Å². The summed E-state index contributed by atoms with van der Waals surface area (Å²) in [4.78, 5) is 23.8. The van der Waals surface area contributed by atoms with Gasteiger partial charge in [-0.15, -0.1) is 0 Å². The van der Waals surface area contributed by atoms with Crippen LogP contribution in [0, 0.1) is 0 Å². The number of methoxy groups -OCH3 is 1. The molecule has 1 amide bonds. The van der Waals surface area contributed by atoms with E-state index in [0.29, 0.717) is 6.61 Å². The van der Waals surface area contributed by atoms with Crippen molar-refractivity contribution in [1.82, 2.24) is 4.90 Å². The Hall–Kier alpha value is -1.10. The average Bonchev–Trinajstić information content (AvgIpc) is 2.61. The Morgan fingerprint density at radius 3 is 2.57 bits per heavy atom. The van der Waals surface area contributed by atoms with E-state index in [4.69, 9.17) is 4.74 Å². The van der Waals surface area contributed by atoms with Crippen molar-refractivity contribution in [2.75, 3.05) is 20.8 Å². The molecule has 5 nitrogen and oxygen atoms in total. The minimum Gasteiger partial charge on any atom is -0.462 e. The van der Waals surface area contributed by atoms with E-state index in [9.17, 15) is 9.59 Å². The second-order valence-corrected chi connectivity index (χ2v) is 3.34. The number of carbonyl (C=O) groups is 2. The first-order valence-electron chi connectivity index (χ1n) is 4.54. The highest BCUT2D eigenvalue weighted by atomic mass is 16.5. The summed E-state index contributed by atoms with van der Waals surface area (Å²) in [6.45, 7) is 2.52. The first-order valence-corrected chi connectivity index (χ1v) is 4.54. The normalized spacial score (nSPS) is 25.9. The number of nitrogens with zero attached hydrogens (tertiary/aromatic N) is 1. The fourth-order valence-corrected chi connectivity index (χ4v) is 1.61. The molecule has 1 rings (SSSR count). The van der Waals surface area contributed by atoms with Crippen LogP contribution in [0.2, 0.25) is 0 Å². The summed E-state index contributed by atoms with van der Waals surface area (Å²) in [7, 11) is 2.79. The topological polar surface area (TPSA) is 55.8 Å². The van der Waals surface area contributed by atoms with E-state index in [2.05, 4.69) is 4.74 Å². The molecule has 1 saturated heterocycles. The Balaban J connectivity index is 2.60. The number of likely N-dealkylation sites (N-methyl/N-ethyl adjacent to an activating group) is 1. The second-order valence-electron chi connectivity index (χ2n) is 3.34.